The molecule has 0 unspecified atom stereocenters. The number of rotatable bonds is 0. The molecule has 0 aromatic heterocycles. The van der Waals surface area contributed by atoms with Crippen LogP contribution in [0.15, 0.2) is 0 Å². The van der Waals surface area contributed by atoms with Crippen molar-refractivity contribution < 1.29 is 19.8 Å². The SMILES string of the molecule is O=[N+]([O-])[O-].OP(O)O.[NH4+]. The van der Waals surface area contributed by atoms with Gasteiger partial charge in [-0.15, -0.1) is 0 Å². The molecule has 0 atom stereocenters. The molecule has 8 nitrogen and oxygen atoms in total. The lowest BCUT2D eigenvalue weighted by Crippen LogP contribution is -1.74. The molecule has 0 aromatic carbocycles. The zero-order chi connectivity index (χ0) is 7.15. The van der Waals surface area contributed by atoms with E-state index in [9.17, 15) is 0 Å². The largest absolute Gasteiger partial charge is 0.369 e. The van der Waals surface area contributed by atoms with Crippen molar-refractivity contribution in [1.29, 1.82) is 0 Å². The minimum Gasteiger partial charge on any atom is -0.369 e. The van der Waals surface area contributed by atoms with E-state index in [1.807, 2.05) is 0 Å². The fourth-order valence-electron chi connectivity index (χ4n) is 0. The van der Waals surface area contributed by atoms with Gasteiger partial charge in [-0.1, -0.05) is 0 Å². The Kier molecular flexibility index (Phi) is 18.3. The third-order valence-corrected chi connectivity index (χ3v) is 0. The molecular weight excluding hydrogens is 155 g/mol. The van der Waals surface area contributed by atoms with Gasteiger partial charge in [-0.05, 0) is 0 Å². The molecular formula is H7N2O6P. The summed E-state index contributed by atoms with van der Waals surface area (Å²) < 4.78 is 0. The molecule has 0 heterocycles. The van der Waals surface area contributed by atoms with Crippen LogP contribution in [0.3, 0.4) is 0 Å². The van der Waals surface area contributed by atoms with Crippen LogP contribution in [0.1, 0.15) is 0 Å². The van der Waals surface area contributed by atoms with Crippen molar-refractivity contribution >= 4 is 8.60 Å². The van der Waals surface area contributed by atoms with Gasteiger partial charge in [-0.25, -0.2) is 0 Å². The highest BCUT2D eigenvalue weighted by molar-refractivity contribution is 7.38. The molecule has 9 heteroatoms. The fraction of sp³-hybridized carbons (Fsp3) is 0. The third-order valence-electron chi connectivity index (χ3n) is 0. The molecule has 0 aliphatic carbocycles. The highest BCUT2D eigenvalue weighted by Gasteiger charge is 1.76. The van der Waals surface area contributed by atoms with E-state index in [4.69, 9.17) is 30.0 Å². The molecule has 7 N–H and O–H groups in total. The molecule has 0 spiro atoms. The van der Waals surface area contributed by atoms with E-state index in [0.29, 0.717) is 0 Å². The molecule has 58 valence electrons. The maximum atomic E-state index is 8.25. The van der Waals surface area contributed by atoms with Crippen LogP contribution in [-0.2, 0) is 0 Å². The van der Waals surface area contributed by atoms with E-state index in [-0.39, 0.29) is 6.15 Å². The average Bonchev–Trinajstić information content (AvgIpc) is 1.25. The van der Waals surface area contributed by atoms with Crippen LogP contribution in [0, 0.1) is 15.3 Å². The van der Waals surface area contributed by atoms with Crippen molar-refractivity contribution in [3.8, 4) is 0 Å². The first-order valence-corrected chi connectivity index (χ1v) is 2.35. The number of quaternary nitrogens is 1. The lowest BCUT2D eigenvalue weighted by Gasteiger charge is -1.76. The molecule has 0 aliphatic heterocycles. The summed E-state index contributed by atoms with van der Waals surface area (Å²) in [6, 6.07) is 0. The van der Waals surface area contributed by atoms with Crippen molar-refractivity contribution in [1.82, 2.24) is 6.15 Å². The van der Waals surface area contributed by atoms with E-state index in [1.165, 1.54) is 0 Å². The lowest BCUT2D eigenvalue weighted by molar-refractivity contribution is -0.402. The van der Waals surface area contributed by atoms with Gasteiger partial charge < -0.3 is 36.2 Å². The zero-order valence-corrected chi connectivity index (χ0v) is 5.36. The Morgan fingerprint density at radius 2 is 1.22 bits per heavy atom. The average molecular weight is 162 g/mol. The topological polar surface area (TPSA) is 163 Å². The fourth-order valence-corrected chi connectivity index (χ4v) is 0. The maximum Gasteiger partial charge on any atom is 0.324 e. The maximum absolute atomic E-state index is 8.25. The Hall–Kier alpha value is -0.530. The lowest BCUT2D eigenvalue weighted by atomic mass is 13.1. The van der Waals surface area contributed by atoms with Gasteiger partial charge in [-0.3, -0.25) is 0 Å². The molecule has 0 aliphatic rings. The predicted octanol–water partition coefficient (Wildman–Crippen LogP) is -0.673. The van der Waals surface area contributed by atoms with E-state index in [0.717, 1.165) is 0 Å². The van der Waals surface area contributed by atoms with Gasteiger partial charge in [0.25, 0.3) is 0 Å². The minimum atomic E-state index is -2.62. The Morgan fingerprint density at radius 3 is 1.22 bits per heavy atom. The van der Waals surface area contributed by atoms with E-state index in [1.54, 1.807) is 0 Å². The zero-order valence-electron chi connectivity index (χ0n) is 4.46. The monoisotopic (exact) mass is 162 g/mol. The van der Waals surface area contributed by atoms with E-state index < -0.39 is 13.7 Å². The quantitative estimate of drug-likeness (QED) is 0.209. The van der Waals surface area contributed by atoms with Crippen molar-refractivity contribution in [3.63, 3.8) is 0 Å². The second kappa shape index (κ2) is 10.5. The standard InChI is InChI=1S/NO3.H3N.H3O3P/c2-1(3)4;;1-4(2)3/h;1H3;1-3H/q-1;;/p+1. The summed E-state index contributed by atoms with van der Waals surface area (Å²) in [5, 5.41) is 14.8. The molecule has 0 aromatic rings. The molecule has 0 radical (unpaired) electrons. The third kappa shape index (κ3) is 796. The Labute approximate surface area is 51.1 Å². The summed E-state index contributed by atoms with van der Waals surface area (Å²) in [5.74, 6) is 0. The Balaban J connectivity index is -0.0000000720. The Morgan fingerprint density at radius 1 is 1.22 bits per heavy atom. The van der Waals surface area contributed by atoms with Crippen LogP contribution in [-0.4, -0.2) is 19.8 Å². The summed E-state index contributed by atoms with van der Waals surface area (Å²) in [6.45, 7) is 0. The van der Waals surface area contributed by atoms with Crippen LogP contribution < -0.4 is 6.15 Å². The van der Waals surface area contributed by atoms with Gasteiger partial charge in [0.15, 0.2) is 0 Å². The summed E-state index contributed by atoms with van der Waals surface area (Å²) >= 11 is 0. The van der Waals surface area contributed by atoms with Crippen LogP contribution in [0.4, 0.5) is 0 Å². The van der Waals surface area contributed by atoms with E-state index in [2.05, 4.69) is 0 Å². The van der Waals surface area contributed by atoms with Gasteiger partial charge >= 0.3 is 8.60 Å². The van der Waals surface area contributed by atoms with Crippen molar-refractivity contribution in [2.24, 2.45) is 0 Å². The van der Waals surface area contributed by atoms with Crippen molar-refractivity contribution in [2.45, 2.75) is 0 Å². The van der Waals surface area contributed by atoms with Crippen LogP contribution in [0.2, 0.25) is 0 Å². The van der Waals surface area contributed by atoms with Gasteiger partial charge in [0.1, 0.15) is 0 Å². The molecule has 0 rings (SSSR count). The van der Waals surface area contributed by atoms with Gasteiger partial charge in [0.2, 0.25) is 0 Å². The van der Waals surface area contributed by atoms with Crippen LogP contribution >= 0.6 is 8.60 Å². The van der Waals surface area contributed by atoms with Crippen LogP contribution in [0.25, 0.3) is 0 Å². The summed E-state index contributed by atoms with van der Waals surface area (Å²) in [5.41, 5.74) is 0. The van der Waals surface area contributed by atoms with E-state index >= 15 is 0 Å². The Bertz CT molecular complexity index is 55.3. The number of nitrogens with zero attached hydrogens (tertiary/aromatic N) is 1. The molecule has 0 fully saturated rings. The second-order valence-corrected chi connectivity index (χ2v) is 1.03. The highest BCUT2D eigenvalue weighted by Crippen LogP contribution is 2.11. The second-order valence-electron chi connectivity index (χ2n) is 0.492. The highest BCUT2D eigenvalue weighted by atomic mass is 31.2. The van der Waals surface area contributed by atoms with Crippen molar-refractivity contribution in [2.75, 3.05) is 0 Å². The molecule has 0 saturated heterocycles. The normalized spacial score (nSPS) is 6.67. The van der Waals surface area contributed by atoms with Gasteiger partial charge in [-0.2, -0.15) is 0 Å². The summed E-state index contributed by atoms with van der Waals surface area (Å²) in [6.07, 6.45) is 0. The summed E-state index contributed by atoms with van der Waals surface area (Å²) in [7, 11) is -2.62. The molecule has 9 heavy (non-hydrogen) atoms. The number of hydrogen-bond acceptors (Lipinski definition) is 6. The number of hydrogen-bond donors (Lipinski definition) is 4. The molecule has 0 bridgehead atoms. The molecule has 0 saturated carbocycles. The summed E-state index contributed by atoms with van der Waals surface area (Å²) in [4.78, 5) is 29.9. The predicted molar refractivity (Wildman–Crippen MR) is 29.9 cm³/mol. The smallest absolute Gasteiger partial charge is 0.324 e. The first-order chi connectivity index (χ1) is 3.46. The van der Waals surface area contributed by atoms with Crippen molar-refractivity contribution in [3.05, 3.63) is 15.3 Å². The molecule has 0 amide bonds. The van der Waals surface area contributed by atoms with Crippen LogP contribution in [0.5, 0.6) is 0 Å². The minimum absolute atomic E-state index is 0. The van der Waals surface area contributed by atoms with Gasteiger partial charge in [0.05, 0.1) is 5.09 Å². The first kappa shape index (κ1) is 15.8. The first-order valence-electron chi connectivity index (χ1n) is 1.15. The van der Waals surface area contributed by atoms with Gasteiger partial charge in [0, 0.05) is 0 Å².